The Morgan fingerprint density at radius 3 is 2.62 bits per heavy atom. The van der Waals surface area contributed by atoms with E-state index in [9.17, 15) is 26.0 Å². The zero-order chi connectivity index (χ0) is 26.4. The fraction of sp³-hybridized carbons (Fsp3) is 0.400. The van der Waals surface area contributed by atoms with Gasteiger partial charge in [0.15, 0.2) is 5.75 Å². The molecule has 1 unspecified atom stereocenters. The Balaban J connectivity index is 1.43. The number of alkyl halides is 3. The van der Waals surface area contributed by atoms with Crippen molar-refractivity contribution in [2.75, 3.05) is 12.3 Å². The number of sulfonamides is 1. The van der Waals surface area contributed by atoms with Crippen LogP contribution in [0.5, 0.6) is 0 Å². The lowest BCUT2D eigenvalue weighted by Crippen LogP contribution is -2.43. The lowest BCUT2D eigenvalue weighted by Gasteiger charge is -2.38. The van der Waals surface area contributed by atoms with Crippen LogP contribution in [0.1, 0.15) is 36.7 Å². The Kier molecular flexibility index (Phi) is 6.43. The lowest BCUT2D eigenvalue weighted by molar-refractivity contribution is -0.107. The molecule has 37 heavy (non-hydrogen) atoms. The molecule has 0 amide bonds. The van der Waals surface area contributed by atoms with Crippen LogP contribution < -0.4 is 0 Å². The SMILES string of the molecule is C[C@]12Cc3cnn(-c4ccc(F)cc4)c3C=C1CCC2CN(Cc1cccnn1)S(=O)(=O)CC(F)(F)F. The van der Waals surface area contributed by atoms with Crippen molar-refractivity contribution in [2.24, 2.45) is 11.3 Å². The third kappa shape index (κ3) is 5.17. The minimum atomic E-state index is -4.86. The molecule has 12 heteroatoms. The zero-order valence-corrected chi connectivity index (χ0v) is 20.8. The van der Waals surface area contributed by atoms with Crippen LogP contribution in [-0.4, -0.2) is 51.2 Å². The number of benzene rings is 1. The van der Waals surface area contributed by atoms with Gasteiger partial charge in [0, 0.05) is 12.7 Å². The predicted octanol–water partition coefficient (Wildman–Crippen LogP) is 4.55. The van der Waals surface area contributed by atoms with Gasteiger partial charge in [-0.15, -0.1) is 0 Å². The summed E-state index contributed by atoms with van der Waals surface area (Å²) in [6.45, 7) is 1.68. The van der Waals surface area contributed by atoms with E-state index in [1.54, 1.807) is 35.1 Å². The number of hydrogen-bond acceptors (Lipinski definition) is 5. The lowest BCUT2D eigenvalue weighted by atomic mass is 9.70. The first-order chi connectivity index (χ1) is 17.4. The number of nitrogens with zero attached hydrogens (tertiary/aromatic N) is 5. The van der Waals surface area contributed by atoms with Gasteiger partial charge in [-0.05, 0) is 78.6 Å². The maximum atomic E-state index is 13.4. The van der Waals surface area contributed by atoms with Gasteiger partial charge < -0.3 is 0 Å². The van der Waals surface area contributed by atoms with E-state index in [0.717, 1.165) is 21.1 Å². The Labute approximate surface area is 211 Å². The number of aromatic nitrogens is 4. The Morgan fingerprint density at radius 1 is 1.19 bits per heavy atom. The van der Waals surface area contributed by atoms with Crippen molar-refractivity contribution in [1.29, 1.82) is 0 Å². The zero-order valence-electron chi connectivity index (χ0n) is 20.0. The summed E-state index contributed by atoms with van der Waals surface area (Å²) >= 11 is 0. The van der Waals surface area contributed by atoms with E-state index in [-0.39, 0.29) is 30.5 Å². The van der Waals surface area contributed by atoms with E-state index in [0.29, 0.717) is 24.9 Å². The summed E-state index contributed by atoms with van der Waals surface area (Å²) in [7, 11) is -4.65. The second kappa shape index (κ2) is 9.32. The van der Waals surface area contributed by atoms with Crippen molar-refractivity contribution in [3.63, 3.8) is 0 Å². The molecule has 2 aromatic heterocycles. The minimum Gasteiger partial charge on any atom is -0.233 e. The molecule has 7 nitrogen and oxygen atoms in total. The van der Waals surface area contributed by atoms with Crippen molar-refractivity contribution in [1.82, 2.24) is 24.3 Å². The van der Waals surface area contributed by atoms with Crippen LogP contribution in [0, 0.1) is 17.2 Å². The minimum absolute atomic E-state index is 0.0652. The van der Waals surface area contributed by atoms with Crippen LogP contribution >= 0.6 is 0 Å². The molecular weight excluding hydrogens is 510 g/mol. The quantitative estimate of drug-likeness (QED) is 0.415. The summed E-state index contributed by atoms with van der Waals surface area (Å²) in [5.41, 5.74) is 3.46. The van der Waals surface area contributed by atoms with Crippen LogP contribution in [0.15, 0.2) is 54.4 Å². The average molecular weight is 536 g/mol. The third-order valence-corrected chi connectivity index (χ3v) is 9.11. The van der Waals surface area contributed by atoms with Crippen LogP contribution in [0.25, 0.3) is 11.8 Å². The second-order valence-electron chi connectivity index (χ2n) is 9.82. The molecule has 1 saturated carbocycles. The van der Waals surface area contributed by atoms with Gasteiger partial charge >= 0.3 is 6.18 Å². The Morgan fingerprint density at radius 2 is 1.95 bits per heavy atom. The molecule has 5 rings (SSSR count). The van der Waals surface area contributed by atoms with E-state index in [1.165, 1.54) is 18.3 Å². The summed E-state index contributed by atoms with van der Waals surface area (Å²) in [6, 6.07) is 9.12. The molecule has 0 radical (unpaired) electrons. The second-order valence-corrected chi connectivity index (χ2v) is 11.8. The van der Waals surface area contributed by atoms with Crippen LogP contribution in [-0.2, 0) is 23.0 Å². The molecular formula is C25H25F4N5O2S. The molecule has 0 spiro atoms. The smallest absolute Gasteiger partial charge is 0.233 e. The van der Waals surface area contributed by atoms with Crippen molar-refractivity contribution in [3.8, 4) is 5.69 Å². The first-order valence-electron chi connectivity index (χ1n) is 11.8. The van der Waals surface area contributed by atoms with Gasteiger partial charge in [0.2, 0.25) is 10.0 Å². The molecule has 3 aromatic rings. The van der Waals surface area contributed by atoms with Crippen molar-refractivity contribution >= 4 is 16.1 Å². The molecule has 196 valence electrons. The summed E-state index contributed by atoms with van der Waals surface area (Å²) in [4.78, 5) is 0. The number of hydrogen-bond donors (Lipinski definition) is 0. The van der Waals surface area contributed by atoms with E-state index in [4.69, 9.17) is 0 Å². The fourth-order valence-corrected chi connectivity index (χ4v) is 6.77. The number of rotatable bonds is 7. The number of fused-ring (bicyclic) bond motifs is 2. The van der Waals surface area contributed by atoms with Crippen molar-refractivity contribution in [2.45, 2.75) is 38.9 Å². The van der Waals surface area contributed by atoms with Gasteiger partial charge in [0.05, 0.1) is 29.8 Å². The molecule has 0 saturated heterocycles. The van der Waals surface area contributed by atoms with Gasteiger partial charge in [0.25, 0.3) is 0 Å². The fourth-order valence-electron chi connectivity index (χ4n) is 5.43. The highest BCUT2D eigenvalue weighted by Crippen LogP contribution is 2.53. The molecule has 0 bridgehead atoms. The van der Waals surface area contributed by atoms with Crippen molar-refractivity contribution < 1.29 is 26.0 Å². The molecule has 0 aliphatic heterocycles. The van der Waals surface area contributed by atoms with Gasteiger partial charge in [-0.2, -0.15) is 32.8 Å². The van der Waals surface area contributed by atoms with Gasteiger partial charge in [-0.25, -0.2) is 17.5 Å². The van der Waals surface area contributed by atoms with Crippen LogP contribution in [0.3, 0.4) is 0 Å². The van der Waals surface area contributed by atoms with E-state index >= 15 is 0 Å². The van der Waals surface area contributed by atoms with Gasteiger partial charge in [-0.1, -0.05) is 12.5 Å². The predicted molar refractivity (Wildman–Crippen MR) is 128 cm³/mol. The first-order valence-corrected chi connectivity index (χ1v) is 13.4. The third-order valence-electron chi connectivity index (χ3n) is 7.35. The molecule has 2 aliphatic carbocycles. The highest BCUT2D eigenvalue weighted by atomic mass is 32.2. The molecule has 2 aliphatic rings. The van der Waals surface area contributed by atoms with Crippen LogP contribution in [0.4, 0.5) is 17.6 Å². The van der Waals surface area contributed by atoms with E-state index < -0.39 is 27.4 Å². The Bertz CT molecular complexity index is 1420. The Hall–Kier alpha value is -3.12. The van der Waals surface area contributed by atoms with Gasteiger partial charge in [0.1, 0.15) is 5.82 Å². The number of halogens is 4. The van der Waals surface area contributed by atoms with Crippen molar-refractivity contribution in [3.05, 3.63) is 77.1 Å². The van der Waals surface area contributed by atoms with E-state index in [1.807, 2.05) is 13.0 Å². The molecule has 0 N–H and O–H groups in total. The highest BCUT2D eigenvalue weighted by molar-refractivity contribution is 7.89. The molecule has 2 heterocycles. The maximum absolute atomic E-state index is 13.4. The standard InChI is InChI=1S/C25H25F4N5O2S/c1-24-12-17-13-31-34(22-8-6-20(26)7-9-22)23(17)11-18(24)4-5-19(24)14-33(15-21-3-2-10-30-32-21)37(35,36)16-25(27,28)29/h2-3,6-11,13,19H,4-5,12,14-16H2,1H3/t19?,24-/m0/s1. The van der Waals surface area contributed by atoms with Crippen LogP contribution in [0.2, 0.25) is 0 Å². The van der Waals surface area contributed by atoms with Gasteiger partial charge in [-0.3, -0.25) is 0 Å². The van der Waals surface area contributed by atoms with E-state index in [2.05, 4.69) is 15.3 Å². The number of allylic oxidation sites excluding steroid dienone is 1. The normalized spacial score (nSPS) is 21.6. The summed E-state index contributed by atoms with van der Waals surface area (Å²) in [5, 5.41) is 12.1. The topological polar surface area (TPSA) is 81.0 Å². The summed E-state index contributed by atoms with van der Waals surface area (Å²) in [5.74, 6) is -2.48. The summed E-state index contributed by atoms with van der Waals surface area (Å²) < 4.78 is 81.3. The molecule has 1 aromatic carbocycles. The first kappa shape index (κ1) is 25.5. The average Bonchev–Trinajstić information content (AvgIpc) is 3.36. The molecule has 2 atom stereocenters. The molecule has 1 fully saturated rings. The maximum Gasteiger partial charge on any atom is 0.404 e. The highest BCUT2D eigenvalue weighted by Gasteiger charge is 2.48. The monoisotopic (exact) mass is 535 g/mol. The summed E-state index contributed by atoms with van der Waals surface area (Å²) in [6.07, 6.45) is 2.22. The largest absolute Gasteiger partial charge is 0.404 e.